The molecule has 0 aromatic heterocycles. The second kappa shape index (κ2) is 10.1. The van der Waals surface area contributed by atoms with Gasteiger partial charge in [-0.05, 0) is 89.2 Å². The van der Waals surface area contributed by atoms with E-state index >= 15 is 0 Å². The summed E-state index contributed by atoms with van der Waals surface area (Å²) in [5, 5.41) is 8.80. The predicted octanol–water partition coefficient (Wildman–Crippen LogP) is 6.50. The van der Waals surface area contributed by atoms with Crippen molar-refractivity contribution in [3.8, 4) is 28.7 Å². The Kier molecular flexibility index (Phi) is 5.98. The molecule has 0 bridgehead atoms. The average Bonchev–Trinajstić information content (AvgIpc) is 3.78. The Morgan fingerprint density at radius 3 is 2.48 bits per heavy atom. The van der Waals surface area contributed by atoms with Gasteiger partial charge in [-0.3, -0.25) is 4.79 Å². The van der Waals surface area contributed by atoms with Crippen molar-refractivity contribution >= 4 is 28.5 Å². The average molecular weight is 561 g/mol. The van der Waals surface area contributed by atoms with E-state index in [1.54, 1.807) is 5.01 Å². The molecule has 1 fully saturated rings. The van der Waals surface area contributed by atoms with Crippen molar-refractivity contribution in [2.75, 3.05) is 20.2 Å². The lowest BCUT2D eigenvalue weighted by atomic mass is 9.77. The molecule has 0 spiro atoms. The molecular weight excluding hydrogens is 532 g/mol. The lowest BCUT2D eigenvalue weighted by molar-refractivity contribution is -0.135. The van der Waals surface area contributed by atoms with Gasteiger partial charge in [-0.2, -0.15) is 5.10 Å². The summed E-state index contributed by atoms with van der Waals surface area (Å²) in [6, 6.07) is 25.5. The lowest BCUT2D eigenvalue weighted by Gasteiger charge is -2.29. The zero-order chi connectivity index (χ0) is 28.0. The Morgan fingerprint density at radius 1 is 0.857 bits per heavy atom. The number of allylic oxidation sites excluding steroid dienone is 1. The van der Waals surface area contributed by atoms with E-state index in [-0.39, 0.29) is 38.1 Å². The van der Waals surface area contributed by atoms with Gasteiger partial charge in [0, 0.05) is 5.92 Å². The van der Waals surface area contributed by atoms with Crippen LogP contribution < -0.4 is 23.7 Å². The van der Waals surface area contributed by atoms with Crippen molar-refractivity contribution in [3.63, 3.8) is 0 Å². The summed E-state index contributed by atoms with van der Waals surface area (Å²) in [5.74, 6) is 3.39. The van der Waals surface area contributed by atoms with Crippen molar-refractivity contribution < 1.29 is 28.5 Å². The highest BCUT2D eigenvalue weighted by Crippen LogP contribution is 2.46. The van der Waals surface area contributed by atoms with Gasteiger partial charge < -0.3 is 23.7 Å². The van der Waals surface area contributed by atoms with Crippen LogP contribution in [-0.2, 0) is 4.79 Å². The Balaban J connectivity index is 1.12. The minimum Gasteiger partial charge on any atom is -0.484 e. The van der Waals surface area contributed by atoms with Crippen LogP contribution in [0.3, 0.4) is 0 Å². The molecule has 3 aliphatic heterocycles. The Bertz CT molecular complexity index is 1780. The smallest absolute Gasteiger partial charge is 0.281 e. The minimum absolute atomic E-state index is 0.0454. The van der Waals surface area contributed by atoms with Crippen molar-refractivity contribution in [1.82, 2.24) is 5.01 Å². The molecule has 1 aliphatic carbocycles. The van der Waals surface area contributed by atoms with E-state index in [1.165, 1.54) is 0 Å². The SMILES string of the molecule is O=C(COc1ccc2ccccc2c1)N1N=C2/C(=C\c3ccc4c(c3)OCO4)CCC[C@@H]2[C@H]1c1ccc2c(c1)OCO2. The Morgan fingerprint density at radius 2 is 1.62 bits per heavy atom. The van der Waals surface area contributed by atoms with E-state index in [0.29, 0.717) is 17.2 Å². The zero-order valence-corrected chi connectivity index (χ0v) is 22.8. The minimum atomic E-state index is -0.275. The maximum absolute atomic E-state index is 13.8. The molecule has 0 saturated heterocycles. The fourth-order valence-electron chi connectivity index (χ4n) is 6.31. The molecule has 3 heterocycles. The zero-order valence-electron chi connectivity index (χ0n) is 22.8. The summed E-state index contributed by atoms with van der Waals surface area (Å²) < 4.78 is 28.3. The first-order chi connectivity index (χ1) is 20.7. The quantitative estimate of drug-likeness (QED) is 0.277. The Hall–Kier alpha value is -4.98. The summed E-state index contributed by atoms with van der Waals surface area (Å²) in [5.41, 5.74) is 4.05. The molecule has 4 aromatic rings. The topological polar surface area (TPSA) is 78.8 Å². The number of fused-ring (bicyclic) bond motifs is 4. The van der Waals surface area contributed by atoms with Crippen LogP contribution in [0.25, 0.3) is 16.8 Å². The third kappa shape index (κ3) is 4.40. The van der Waals surface area contributed by atoms with Crippen LogP contribution in [-0.4, -0.2) is 36.8 Å². The maximum atomic E-state index is 13.8. The first-order valence-corrected chi connectivity index (χ1v) is 14.2. The van der Waals surface area contributed by atoms with E-state index in [1.807, 2.05) is 72.8 Å². The molecule has 4 aliphatic rings. The number of hydrazone groups is 1. The van der Waals surface area contributed by atoms with Gasteiger partial charge in [0.15, 0.2) is 29.6 Å². The fourth-order valence-corrected chi connectivity index (χ4v) is 6.31. The van der Waals surface area contributed by atoms with Crippen LogP contribution in [0, 0.1) is 5.92 Å². The van der Waals surface area contributed by atoms with E-state index in [2.05, 4.69) is 12.1 Å². The van der Waals surface area contributed by atoms with Gasteiger partial charge in [0.25, 0.3) is 5.91 Å². The Labute approximate surface area is 242 Å². The van der Waals surface area contributed by atoms with E-state index < -0.39 is 0 Å². The van der Waals surface area contributed by atoms with Crippen molar-refractivity contribution in [1.29, 1.82) is 0 Å². The molecule has 1 saturated carbocycles. The third-order valence-electron chi connectivity index (χ3n) is 8.32. The van der Waals surface area contributed by atoms with E-state index in [4.69, 9.17) is 28.8 Å². The van der Waals surface area contributed by atoms with Gasteiger partial charge in [-0.15, -0.1) is 0 Å². The first-order valence-electron chi connectivity index (χ1n) is 14.2. The summed E-state index contributed by atoms with van der Waals surface area (Å²) in [7, 11) is 0. The molecule has 1 amide bonds. The monoisotopic (exact) mass is 560 g/mol. The van der Waals surface area contributed by atoms with Crippen molar-refractivity contribution in [2.45, 2.75) is 25.3 Å². The molecule has 0 radical (unpaired) electrons. The van der Waals surface area contributed by atoms with E-state index in [9.17, 15) is 4.79 Å². The molecule has 8 heteroatoms. The fraction of sp³-hybridized carbons (Fsp3) is 0.235. The van der Waals surface area contributed by atoms with Crippen LogP contribution in [0.4, 0.5) is 0 Å². The van der Waals surface area contributed by atoms with Gasteiger partial charge in [0.2, 0.25) is 13.6 Å². The number of carbonyl (C=O) groups excluding carboxylic acids is 1. The summed E-state index contributed by atoms with van der Waals surface area (Å²) >= 11 is 0. The standard InChI is InChI=1S/C34H28N2O6/c37-32(18-38-26-11-9-22-4-1-2-5-23(22)16-26)36-34(25-10-13-29-31(17-25)42-20-40-29)27-7-3-6-24(33(27)35-36)14-21-8-12-28-30(15-21)41-19-39-28/h1-2,4-5,8-17,27,34H,3,6-7,18-20H2/b24-14-/t27-,34+/m0/s1. The van der Waals surface area contributed by atoms with Gasteiger partial charge in [-0.25, -0.2) is 5.01 Å². The number of hydrogen-bond acceptors (Lipinski definition) is 7. The van der Waals surface area contributed by atoms with Crippen LogP contribution in [0.15, 0.2) is 89.5 Å². The number of hydrogen-bond donors (Lipinski definition) is 0. The molecule has 8 nitrogen and oxygen atoms in total. The number of rotatable bonds is 5. The van der Waals surface area contributed by atoms with Crippen LogP contribution in [0.1, 0.15) is 36.4 Å². The number of amides is 1. The first kappa shape index (κ1) is 24.8. The van der Waals surface area contributed by atoms with Gasteiger partial charge >= 0.3 is 0 Å². The number of nitrogens with zero attached hydrogens (tertiary/aromatic N) is 2. The number of benzene rings is 4. The molecular formula is C34H28N2O6. The largest absolute Gasteiger partial charge is 0.484 e. The van der Waals surface area contributed by atoms with Crippen molar-refractivity contribution in [3.05, 3.63) is 95.6 Å². The number of carbonyl (C=O) groups is 1. The lowest BCUT2D eigenvalue weighted by Crippen LogP contribution is -2.34. The molecule has 0 N–H and O–H groups in total. The highest BCUT2D eigenvalue weighted by atomic mass is 16.7. The normalized spacial score (nSPS) is 21.0. The van der Waals surface area contributed by atoms with Gasteiger partial charge in [0.1, 0.15) is 5.75 Å². The van der Waals surface area contributed by atoms with Crippen LogP contribution >= 0.6 is 0 Å². The van der Waals surface area contributed by atoms with Gasteiger partial charge in [0.05, 0.1) is 11.8 Å². The second-order valence-corrected chi connectivity index (χ2v) is 10.9. The third-order valence-corrected chi connectivity index (χ3v) is 8.32. The molecule has 8 rings (SSSR count). The highest BCUT2D eigenvalue weighted by Gasteiger charge is 2.44. The molecule has 42 heavy (non-hydrogen) atoms. The highest BCUT2D eigenvalue weighted by molar-refractivity contribution is 6.08. The molecule has 2 atom stereocenters. The molecule has 210 valence electrons. The van der Waals surface area contributed by atoms with Crippen LogP contribution in [0.2, 0.25) is 0 Å². The second-order valence-electron chi connectivity index (χ2n) is 10.9. The number of ether oxygens (including phenoxy) is 5. The summed E-state index contributed by atoms with van der Waals surface area (Å²) in [6.07, 6.45) is 4.96. The van der Waals surface area contributed by atoms with Crippen LogP contribution in [0.5, 0.6) is 28.7 Å². The maximum Gasteiger partial charge on any atom is 0.281 e. The predicted molar refractivity (Wildman–Crippen MR) is 157 cm³/mol. The van der Waals surface area contributed by atoms with Crippen molar-refractivity contribution in [2.24, 2.45) is 11.0 Å². The van der Waals surface area contributed by atoms with E-state index in [0.717, 1.165) is 63.9 Å². The molecule has 0 unspecified atom stereocenters. The summed E-state index contributed by atoms with van der Waals surface area (Å²) in [4.78, 5) is 13.8. The summed E-state index contributed by atoms with van der Waals surface area (Å²) in [6.45, 7) is 0.309. The molecule has 4 aromatic carbocycles. The van der Waals surface area contributed by atoms with Gasteiger partial charge in [-0.1, -0.05) is 42.5 Å².